The zero-order chi connectivity index (χ0) is 5.40. The molecule has 0 radical (unpaired) electrons. The molecule has 0 atom stereocenters. The van der Waals surface area contributed by atoms with E-state index in [0.29, 0.717) is 0 Å². The number of thioether (sulfide) groups is 1. The monoisotopic (exact) mass is 144 g/mol. The molecule has 0 amide bonds. The van der Waals surface area contributed by atoms with Crippen molar-refractivity contribution in [1.82, 2.24) is 9.31 Å². The Labute approximate surface area is 53.5 Å². The number of aryl methyl sites for hydroxylation is 1. The first-order chi connectivity index (χ1) is 3.97. The van der Waals surface area contributed by atoms with Crippen molar-refractivity contribution < 1.29 is 0 Å². The number of aromatic nitrogens is 2. The Bertz CT molecular complexity index is 179. The van der Waals surface area contributed by atoms with Gasteiger partial charge in [-0.15, -0.1) is 0 Å². The fraction of sp³-hybridized carbons (Fsp3) is 0.500. The molecule has 1 aromatic rings. The van der Waals surface area contributed by atoms with Gasteiger partial charge in [-0.05, 0) is 0 Å². The summed E-state index contributed by atoms with van der Waals surface area (Å²) in [6.45, 7) is 1.18. The van der Waals surface area contributed by atoms with Crippen LogP contribution in [0.1, 0.15) is 0 Å². The quantitative estimate of drug-likeness (QED) is 0.550. The van der Waals surface area contributed by atoms with Crippen LogP contribution in [-0.4, -0.2) is 15.1 Å². The van der Waals surface area contributed by atoms with Gasteiger partial charge in [0.05, 0.1) is 5.93 Å². The van der Waals surface area contributed by atoms with Crippen LogP contribution in [0, 0.1) is 0 Å². The Morgan fingerprint density at radius 3 is 3.75 bits per heavy atom. The van der Waals surface area contributed by atoms with Gasteiger partial charge in [-0.2, -0.15) is 0 Å². The van der Waals surface area contributed by atoms with Crippen LogP contribution in [0.3, 0.4) is 0 Å². The van der Waals surface area contributed by atoms with Gasteiger partial charge in [-0.1, -0.05) is 11.8 Å². The average Bonchev–Trinajstić information content (AvgIpc) is 2.15. The smallest absolute Gasteiger partial charge is 0.171 e. The summed E-state index contributed by atoms with van der Waals surface area (Å²) in [4.78, 5) is 4.17. The molecule has 2 nitrogen and oxygen atoms in total. The maximum atomic E-state index is 4.17. The predicted octanol–water partition coefficient (Wildman–Crippen LogP) is 1.57. The van der Waals surface area contributed by atoms with Gasteiger partial charge in [0.1, 0.15) is 0 Å². The molecule has 8 heavy (non-hydrogen) atoms. The van der Waals surface area contributed by atoms with Gasteiger partial charge in [0.15, 0.2) is 5.16 Å². The first-order valence-corrected chi connectivity index (χ1v) is 4.37. The van der Waals surface area contributed by atoms with E-state index in [1.54, 1.807) is 0 Å². The normalized spacial score (nSPS) is 17.5. The van der Waals surface area contributed by atoms with Crippen molar-refractivity contribution in [2.24, 2.45) is 0 Å². The molecule has 0 saturated carbocycles. The second-order valence-electron chi connectivity index (χ2n) is 1.61. The zero-order valence-corrected chi connectivity index (χ0v) is 5.95. The maximum absolute atomic E-state index is 4.17. The number of hydrogen-bond donors (Lipinski definition) is 0. The Balaban J connectivity index is 2.54. The molecule has 4 heteroatoms. The highest BCUT2D eigenvalue weighted by molar-refractivity contribution is 7.99. The molecule has 0 bridgehead atoms. The highest BCUT2D eigenvalue weighted by Crippen LogP contribution is 2.26. The molecule has 42 valence electrons. The van der Waals surface area contributed by atoms with Gasteiger partial charge in [0, 0.05) is 20.6 Å². The van der Waals surface area contributed by atoms with Crippen LogP contribution in [0.15, 0.2) is 11.1 Å². The van der Waals surface area contributed by atoms with Crippen LogP contribution in [0.2, 0.25) is 0 Å². The summed E-state index contributed by atoms with van der Waals surface area (Å²) in [7, 11) is 1.26. The molecule has 0 N–H and O–H groups in total. The molecule has 0 aromatic carbocycles. The highest BCUT2D eigenvalue weighted by atomic mass is 32.2. The second kappa shape index (κ2) is 1.74. The van der Waals surface area contributed by atoms with Crippen molar-refractivity contribution in [3.8, 4) is 0 Å². The Morgan fingerprint density at radius 1 is 1.88 bits per heavy atom. The molecule has 1 aliphatic heterocycles. The van der Waals surface area contributed by atoms with Gasteiger partial charge in [0.2, 0.25) is 0 Å². The van der Waals surface area contributed by atoms with Crippen LogP contribution in [0.5, 0.6) is 0 Å². The first-order valence-electron chi connectivity index (χ1n) is 2.47. The summed E-state index contributed by atoms with van der Waals surface area (Å²) in [5.41, 5.74) is 0. The van der Waals surface area contributed by atoms with Crippen molar-refractivity contribution in [1.29, 1.82) is 0 Å². The Kier molecular flexibility index (Phi) is 1.05. The summed E-state index contributed by atoms with van der Waals surface area (Å²) in [5.74, 6) is 3.17. The maximum Gasteiger partial charge on any atom is 0.171 e. The van der Waals surface area contributed by atoms with E-state index < -0.39 is 0 Å². The molecule has 0 saturated heterocycles. The number of rotatable bonds is 0. The summed E-state index contributed by atoms with van der Waals surface area (Å²) in [6.07, 6.45) is 0. The Hall–Kier alpha value is -0.0100. The molecule has 0 aliphatic carbocycles. The van der Waals surface area contributed by atoms with Gasteiger partial charge >= 0.3 is 0 Å². The Morgan fingerprint density at radius 2 is 2.88 bits per heavy atom. The molecular formula is C4H5N2PS. The van der Waals surface area contributed by atoms with Crippen LogP contribution in [0.4, 0.5) is 0 Å². The molecular weight excluding hydrogens is 139 g/mol. The van der Waals surface area contributed by atoms with Gasteiger partial charge in [0.25, 0.3) is 0 Å². The molecule has 0 unspecified atom stereocenters. The standard InChI is InChI=1S/C4H5N2PS/c1-2-8-4-5-3-7-6(1)4/h3H,1-2H2. The molecule has 1 aliphatic rings. The summed E-state index contributed by atoms with van der Waals surface area (Å²) in [6, 6.07) is 0. The zero-order valence-electron chi connectivity index (χ0n) is 4.24. The van der Waals surface area contributed by atoms with Crippen molar-refractivity contribution in [2.75, 3.05) is 5.75 Å². The first kappa shape index (κ1) is 4.83. The fourth-order valence-corrected chi connectivity index (χ4v) is 2.75. The number of nitrogens with zero attached hydrogens (tertiary/aromatic N) is 2. The second-order valence-corrected chi connectivity index (χ2v) is 3.62. The van der Waals surface area contributed by atoms with E-state index in [2.05, 4.69) is 9.31 Å². The van der Waals surface area contributed by atoms with Crippen molar-refractivity contribution in [3.63, 3.8) is 0 Å². The van der Waals surface area contributed by atoms with Crippen LogP contribution in [-0.2, 0) is 6.54 Å². The SMILES string of the molecule is c1nc2n(p1)CCS2. The lowest BCUT2D eigenvalue weighted by Gasteiger charge is -1.85. The van der Waals surface area contributed by atoms with Gasteiger partial charge in [-0.25, -0.2) is 4.98 Å². The lowest BCUT2D eigenvalue weighted by molar-refractivity contribution is 0.778. The minimum Gasteiger partial charge on any atom is -0.301 e. The summed E-state index contributed by atoms with van der Waals surface area (Å²) < 4.78 is 2.27. The van der Waals surface area contributed by atoms with Crippen molar-refractivity contribution >= 4 is 20.1 Å². The van der Waals surface area contributed by atoms with Gasteiger partial charge < -0.3 is 4.33 Å². The topological polar surface area (TPSA) is 17.8 Å². The minimum atomic E-state index is 1.18. The van der Waals surface area contributed by atoms with Crippen molar-refractivity contribution in [2.45, 2.75) is 11.7 Å². The van der Waals surface area contributed by atoms with Gasteiger partial charge in [-0.3, -0.25) is 0 Å². The lowest BCUT2D eigenvalue weighted by Crippen LogP contribution is -1.84. The molecule has 0 fully saturated rings. The third-order valence-electron chi connectivity index (χ3n) is 1.11. The lowest BCUT2D eigenvalue weighted by atomic mass is 10.8. The third-order valence-corrected chi connectivity index (χ3v) is 3.11. The minimum absolute atomic E-state index is 1.18. The number of fused-ring (bicyclic) bond motifs is 1. The predicted molar refractivity (Wildman–Crippen MR) is 35.5 cm³/mol. The highest BCUT2D eigenvalue weighted by Gasteiger charge is 2.09. The largest absolute Gasteiger partial charge is 0.301 e. The van der Waals surface area contributed by atoms with Crippen LogP contribution < -0.4 is 0 Å². The van der Waals surface area contributed by atoms with E-state index in [1.807, 2.05) is 17.7 Å². The molecule has 1 aromatic heterocycles. The van der Waals surface area contributed by atoms with E-state index >= 15 is 0 Å². The van der Waals surface area contributed by atoms with E-state index in [9.17, 15) is 0 Å². The van der Waals surface area contributed by atoms with E-state index in [1.165, 1.54) is 25.8 Å². The number of hydrogen-bond acceptors (Lipinski definition) is 2. The third kappa shape index (κ3) is 0.583. The van der Waals surface area contributed by atoms with Crippen LogP contribution in [0.25, 0.3) is 0 Å². The van der Waals surface area contributed by atoms with E-state index in [4.69, 9.17) is 0 Å². The molecule has 2 heterocycles. The van der Waals surface area contributed by atoms with Crippen LogP contribution >= 0.6 is 20.1 Å². The van der Waals surface area contributed by atoms with Crippen molar-refractivity contribution in [3.05, 3.63) is 5.93 Å². The summed E-state index contributed by atoms with van der Waals surface area (Å²) >= 11 is 1.85. The average molecular weight is 144 g/mol. The van der Waals surface area contributed by atoms with E-state index in [-0.39, 0.29) is 0 Å². The molecule has 0 spiro atoms. The summed E-state index contributed by atoms with van der Waals surface area (Å²) in [5, 5.41) is 1.21. The molecule has 2 rings (SSSR count). The van der Waals surface area contributed by atoms with E-state index in [0.717, 1.165) is 0 Å². The fourth-order valence-electron chi connectivity index (χ4n) is 0.742.